The van der Waals surface area contributed by atoms with Gasteiger partial charge in [-0.2, -0.15) is 0 Å². The van der Waals surface area contributed by atoms with Gasteiger partial charge in [-0.1, -0.05) is 8.58 Å². The fraction of sp³-hybridized carbons (Fsp3) is 0.435. The summed E-state index contributed by atoms with van der Waals surface area (Å²) < 4.78 is 2.03. The molecule has 1 amide bonds. The van der Waals surface area contributed by atoms with Crippen LogP contribution in [0.1, 0.15) is 37.9 Å². The number of carbonyl (C=O) groups is 1. The van der Waals surface area contributed by atoms with Crippen molar-refractivity contribution in [3.8, 4) is 0 Å². The predicted octanol–water partition coefficient (Wildman–Crippen LogP) is 3.88. The van der Waals surface area contributed by atoms with Gasteiger partial charge in [0.25, 0.3) is 5.91 Å². The van der Waals surface area contributed by atoms with Crippen molar-refractivity contribution < 1.29 is 4.79 Å². The van der Waals surface area contributed by atoms with E-state index < -0.39 is 0 Å². The van der Waals surface area contributed by atoms with Crippen LogP contribution in [0.2, 0.25) is 0 Å². The van der Waals surface area contributed by atoms with Gasteiger partial charge in [0.1, 0.15) is 5.65 Å². The van der Waals surface area contributed by atoms with E-state index >= 15 is 0 Å². The second-order valence-electron chi connectivity index (χ2n) is 8.69. The summed E-state index contributed by atoms with van der Waals surface area (Å²) in [6.07, 6.45) is 12.1. The van der Waals surface area contributed by atoms with Crippen LogP contribution < -0.4 is 0 Å². The number of hydrogen-bond acceptors (Lipinski definition) is 4. The average Bonchev–Trinajstić information content (AvgIpc) is 3.12. The van der Waals surface area contributed by atoms with Crippen molar-refractivity contribution in [3.63, 3.8) is 0 Å². The SMILES string of the molecule is Cc1cn2cc(C3=CC(=O)N4C=C(C5CCN(C(C)C)CC5)N=CC4P3)ccc2n1. The van der Waals surface area contributed by atoms with Gasteiger partial charge in [0.2, 0.25) is 0 Å². The minimum absolute atomic E-state index is 0.0252. The van der Waals surface area contributed by atoms with Gasteiger partial charge in [-0.25, -0.2) is 4.98 Å². The molecule has 2 unspecified atom stereocenters. The summed E-state index contributed by atoms with van der Waals surface area (Å²) in [7, 11) is 0.485. The van der Waals surface area contributed by atoms with Gasteiger partial charge >= 0.3 is 0 Å². The first-order valence-corrected chi connectivity index (χ1v) is 11.8. The lowest BCUT2D eigenvalue weighted by Crippen LogP contribution is -2.41. The van der Waals surface area contributed by atoms with Crippen LogP contribution in [0.3, 0.4) is 0 Å². The molecule has 0 aliphatic carbocycles. The molecule has 1 fully saturated rings. The number of rotatable bonds is 3. The molecule has 0 aromatic carbocycles. The van der Waals surface area contributed by atoms with E-state index in [4.69, 9.17) is 4.99 Å². The number of allylic oxidation sites excluding steroid dienone is 1. The molecule has 2 atom stereocenters. The van der Waals surface area contributed by atoms with Crippen molar-refractivity contribution in [2.24, 2.45) is 10.9 Å². The monoisotopic (exact) mass is 421 g/mol. The van der Waals surface area contributed by atoms with Crippen LogP contribution in [-0.4, -0.2) is 56.2 Å². The molecule has 1 saturated heterocycles. The number of amides is 1. The molecule has 5 rings (SSSR count). The van der Waals surface area contributed by atoms with Crippen LogP contribution in [0.5, 0.6) is 0 Å². The molecule has 3 aliphatic rings. The Kier molecular flexibility index (Phi) is 5.08. The number of fused-ring (bicyclic) bond motifs is 2. The van der Waals surface area contributed by atoms with Crippen LogP contribution in [-0.2, 0) is 4.79 Å². The third-order valence-corrected chi connectivity index (χ3v) is 7.79. The Bertz CT molecular complexity index is 1070. The average molecular weight is 421 g/mol. The van der Waals surface area contributed by atoms with Crippen LogP contribution in [0, 0.1) is 12.8 Å². The van der Waals surface area contributed by atoms with E-state index in [-0.39, 0.29) is 11.7 Å². The molecule has 0 radical (unpaired) electrons. The third kappa shape index (κ3) is 3.63. The van der Waals surface area contributed by atoms with Crippen LogP contribution in [0.4, 0.5) is 0 Å². The molecular formula is C23H28N5OP. The first kappa shape index (κ1) is 19.7. The normalized spacial score (nSPS) is 23.9. The first-order valence-electron chi connectivity index (χ1n) is 10.7. The molecule has 5 heterocycles. The molecule has 2 aromatic heterocycles. The molecule has 30 heavy (non-hydrogen) atoms. The molecule has 6 nitrogen and oxygen atoms in total. The Morgan fingerprint density at radius 2 is 1.97 bits per heavy atom. The zero-order valence-corrected chi connectivity index (χ0v) is 18.7. The van der Waals surface area contributed by atoms with E-state index in [1.165, 1.54) is 0 Å². The molecule has 0 bridgehead atoms. The second-order valence-corrected chi connectivity index (χ2v) is 10.1. The Labute approximate surface area is 179 Å². The highest BCUT2D eigenvalue weighted by Crippen LogP contribution is 2.44. The molecule has 7 heteroatoms. The van der Waals surface area contributed by atoms with Crippen molar-refractivity contribution in [3.05, 3.63) is 53.8 Å². The number of nitrogens with zero attached hydrogens (tertiary/aromatic N) is 5. The topological polar surface area (TPSA) is 53.2 Å². The minimum atomic E-state index is 0.0252. The molecule has 0 N–H and O–H groups in total. The quantitative estimate of drug-likeness (QED) is 0.707. The maximum absolute atomic E-state index is 13.0. The van der Waals surface area contributed by atoms with E-state index in [0.717, 1.165) is 53.8 Å². The highest BCUT2D eigenvalue weighted by Gasteiger charge is 2.32. The Morgan fingerprint density at radius 3 is 2.73 bits per heavy atom. The largest absolute Gasteiger partial charge is 0.306 e. The summed E-state index contributed by atoms with van der Waals surface area (Å²) >= 11 is 0. The fourth-order valence-electron chi connectivity index (χ4n) is 4.56. The maximum atomic E-state index is 13.0. The summed E-state index contributed by atoms with van der Waals surface area (Å²) in [5.74, 6) is 0.529. The smallest absolute Gasteiger partial charge is 0.252 e. The summed E-state index contributed by atoms with van der Waals surface area (Å²) in [6.45, 7) is 8.71. The second kappa shape index (κ2) is 7.75. The van der Waals surface area contributed by atoms with Gasteiger partial charge in [0.05, 0.1) is 17.2 Å². The number of likely N-dealkylation sites (tertiary alicyclic amines) is 1. The van der Waals surface area contributed by atoms with E-state index in [1.54, 1.807) is 6.08 Å². The zero-order chi connectivity index (χ0) is 20.8. The third-order valence-electron chi connectivity index (χ3n) is 6.32. The molecule has 0 saturated carbocycles. The first-order chi connectivity index (χ1) is 14.5. The van der Waals surface area contributed by atoms with Crippen LogP contribution >= 0.6 is 8.58 Å². The Balaban J connectivity index is 1.34. The number of piperidine rings is 1. The summed E-state index contributed by atoms with van der Waals surface area (Å²) in [5.41, 5.74) is 4.07. The fourth-order valence-corrected chi connectivity index (χ4v) is 5.89. The Hall–Kier alpha value is -2.30. The van der Waals surface area contributed by atoms with Gasteiger partial charge in [-0.3, -0.25) is 9.79 Å². The number of aliphatic imine (C=N–C) groups is 1. The molecule has 0 spiro atoms. The van der Waals surface area contributed by atoms with Gasteiger partial charge in [0.15, 0.2) is 0 Å². The highest BCUT2D eigenvalue weighted by molar-refractivity contribution is 7.52. The van der Waals surface area contributed by atoms with Crippen LogP contribution in [0.15, 0.2) is 47.5 Å². The highest BCUT2D eigenvalue weighted by atomic mass is 31.1. The zero-order valence-electron chi connectivity index (χ0n) is 17.7. The van der Waals surface area contributed by atoms with Gasteiger partial charge in [0, 0.05) is 42.8 Å². The standard InChI is InChI=1S/C23H28N5OP/c1-15(2)26-8-6-17(7-9-26)19-14-28-22(29)10-20(30-23(28)11-24-19)18-4-5-21-25-16(3)12-27(21)13-18/h4-5,10-15,17,23,30H,6-9H2,1-3H3. The molecule has 3 aliphatic heterocycles. The Morgan fingerprint density at radius 1 is 1.17 bits per heavy atom. The summed E-state index contributed by atoms with van der Waals surface area (Å²) in [6, 6.07) is 4.67. The van der Waals surface area contributed by atoms with Crippen molar-refractivity contribution in [1.29, 1.82) is 0 Å². The number of hydrogen-bond donors (Lipinski definition) is 0. The number of pyridine rings is 1. The van der Waals surface area contributed by atoms with Gasteiger partial charge in [-0.05, 0) is 69.7 Å². The lowest BCUT2D eigenvalue weighted by atomic mass is 9.93. The minimum Gasteiger partial charge on any atom is -0.306 e. The maximum Gasteiger partial charge on any atom is 0.252 e. The molecule has 156 valence electrons. The van der Waals surface area contributed by atoms with Crippen LogP contribution in [0.25, 0.3) is 11.0 Å². The lowest BCUT2D eigenvalue weighted by molar-refractivity contribution is -0.123. The van der Waals surface area contributed by atoms with Crippen molar-refractivity contribution in [2.75, 3.05) is 13.1 Å². The van der Waals surface area contributed by atoms with E-state index in [2.05, 4.69) is 36.0 Å². The lowest BCUT2D eigenvalue weighted by Gasteiger charge is -2.37. The van der Waals surface area contributed by atoms with E-state index in [0.29, 0.717) is 20.5 Å². The number of aromatic nitrogens is 2. The van der Waals surface area contributed by atoms with E-state index in [1.807, 2.05) is 40.9 Å². The predicted molar refractivity (Wildman–Crippen MR) is 123 cm³/mol. The summed E-state index contributed by atoms with van der Waals surface area (Å²) in [5, 5.41) is 1.09. The van der Waals surface area contributed by atoms with Crippen molar-refractivity contribution in [1.82, 2.24) is 19.2 Å². The van der Waals surface area contributed by atoms with Gasteiger partial charge < -0.3 is 14.2 Å². The summed E-state index contributed by atoms with van der Waals surface area (Å²) in [4.78, 5) is 26.7. The number of imidazole rings is 1. The number of carbonyl (C=O) groups excluding carboxylic acids is 1. The molecular weight excluding hydrogens is 393 g/mol. The molecule has 2 aromatic rings. The number of aryl methyl sites for hydroxylation is 1. The van der Waals surface area contributed by atoms with Crippen molar-refractivity contribution >= 4 is 31.7 Å². The van der Waals surface area contributed by atoms with E-state index in [9.17, 15) is 4.79 Å². The van der Waals surface area contributed by atoms with Gasteiger partial charge in [-0.15, -0.1) is 0 Å². The van der Waals surface area contributed by atoms with Crippen molar-refractivity contribution in [2.45, 2.75) is 45.4 Å².